The summed E-state index contributed by atoms with van der Waals surface area (Å²) in [6, 6.07) is 13.2. The molecule has 0 saturated carbocycles. The average molecular weight is 237 g/mol. The molecule has 18 heavy (non-hydrogen) atoms. The molecule has 1 heteroatoms. The van der Waals surface area contributed by atoms with E-state index in [1.807, 2.05) is 0 Å². The standard InChI is InChI=1S/C17H19N/c1-12-8-11-17-15(13(12)2)10-9-14-6-4-5-7-16(14)18(17)3/h4-8,11H,9-10H2,1-3H3. The Kier molecular flexibility index (Phi) is 2.62. The smallest absolute Gasteiger partial charge is 0.0443 e. The fourth-order valence-corrected chi connectivity index (χ4v) is 2.93. The minimum atomic E-state index is 1.14. The third-order valence-electron chi connectivity index (χ3n) is 4.20. The Morgan fingerprint density at radius 1 is 0.889 bits per heavy atom. The summed E-state index contributed by atoms with van der Waals surface area (Å²) in [6.07, 6.45) is 2.28. The third-order valence-corrected chi connectivity index (χ3v) is 4.20. The number of hydrogen-bond donors (Lipinski definition) is 0. The molecule has 0 radical (unpaired) electrons. The van der Waals surface area contributed by atoms with Crippen LogP contribution in [0.1, 0.15) is 22.3 Å². The van der Waals surface area contributed by atoms with Gasteiger partial charge in [-0.2, -0.15) is 0 Å². The summed E-state index contributed by atoms with van der Waals surface area (Å²) in [4.78, 5) is 2.34. The van der Waals surface area contributed by atoms with Crippen molar-refractivity contribution >= 4 is 11.4 Å². The number of fused-ring (bicyclic) bond motifs is 2. The highest BCUT2D eigenvalue weighted by molar-refractivity contribution is 5.72. The van der Waals surface area contributed by atoms with Crippen molar-refractivity contribution in [3.8, 4) is 0 Å². The minimum absolute atomic E-state index is 1.14. The fraction of sp³-hybridized carbons (Fsp3) is 0.294. The predicted octanol–water partition coefficient (Wildman–Crippen LogP) is 4.17. The van der Waals surface area contributed by atoms with Gasteiger partial charge in [0.25, 0.3) is 0 Å². The molecule has 2 aromatic rings. The van der Waals surface area contributed by atoms with E-state index in [-0.39, 0.29) is 0 Å². The molecule has 3 rings (SSSR count). The quantitative estimate of drug-likeness (QED) is 0.664. The van der Waals surface area contributed by atoms with Crippen LogP contribution in [-0.4, -0.2) is 7.05 Å². The van der Waals surface area contributed by atoms with Gasteiger partial charge < -0.3 is 4.90 Å². The molecule has 0 atom stereocenters. The summed E-state index contributed by atoms with van der Waals surface area (Å²) in [7, 11) is 2.18. The van der Waals surface area contributed by atoms with Crippen LogP contribution in [0.5, 0.6) is 0 Å². The maximum Gasteiger partial charge on any atom is 0.0443 e. The topological polar surface area (TPSA) is 3.24 Å². The van der Waals surface area contributed by atoms with E-state index in [9.17, 15) is 0 Å². The summed E-state index contributed by atoms with van der Waals surface area (Å²) in [5.74, 6) is 0. The van der Waals surface area contributed by atoms with Gasteiger partial charge in [0.05, 0.1) is 0 Å². The van der Waals surface area contributed by atoms with Crippen molar-refractivity contribution in [3.05, 3.63) is 58.7 Å². The highest BCUT2D eigenvalue weighted by Crippen LogP contribution is 2.36. The molecule has 0 saturated heterocycles. The Hall–Kier alpha value is -1.76. The van der Waals surface area contributed by atoms with E-state index in [4.69, 9.17) is 0 Å². The van der Waals surface area contributed by atoms with Crippen molar-refractivity contribution in [3.63, 3.8) is 0 Å². The molecule has 1 heterocycles. The lowest BCUT2D eigenvalue weighted by molar-refractivity contribution is 0.962. The Bertz CT molecular complexity index is 599. The molecule has 0 spiro atoms. The summed E-state index contributed by atoms with van der Waals surface area (Å²) in [5.41, 5.74) is 8.52. The molecule has 0 bridgehead atoms. The highest BCUT2D eigenvalue weighted by Gasteiger charge is 2.18. The Labute approximate surface area is 109 Å². The first-order chi connectivity index (χ1) is 8.68. The average Bonchev–Trinajstić information content (AvgIpc) is 2.53. The molecule has 0 aromatic heterocycles. The number of aryl methyl sites for hydroxylation is 2. The number of hydrogen-bond acceptors (Lipinski definition) is 1. The Morgan fingerprint density at radius 3 is 2.50 bits per heavy atom. The first-order valence-electron chi connectivity index (χ1n) is 6.59. The first-order valence-corrected chi connectivity index (χ1v) is 6.59. The molecule has 1 nitrogen and oxygen atoms in total. The molecule has 0 fully saturated rings. The second kappa shape index (κ2) is 4.16. The van der Waals surface area contributed by atoms with E-state index in [1.54, 1.807) is 0 Å². The van der Waals surface area contributed by atoms with Gasteiger partial charge in [0.2, 0.25) is 0 Å². The van der Waals surface area contributed by atoms with Crippen molar-refractivity contribution in [1.29, 1.82) is 0 Å². The first kappa shape index (κ1) is 11.3. The third kappa shape index (κ3) is 1.62. The van der Waals surface area contributed by atoms with Crippen molar-refractivity contribution in [2.24, 2.45) is 0 Å². The lowest BCUT2D eigenvalue weighted by Crippen LogP contribution is -2.11. The molecule has 0 unspecified atom stereocenters. The molecule has 2 aromatic carbocycles. The van der Waals surface area contributed by atoms with Gasteiger partial charge in [-0.05, 0) is 61.1 Å². The van der Waals surface area contributed by atoms with Gasteiger partial charge >= 0.3 is 0 Å². The van der Waals surface area contributed by atoms with Crippen LogP contribution in [0.2, 0.25) is 0 Å². The summed E-state index contributed by atoms with van der Waals surface area (Å²) in [5, 5.41) is 0. The maximum atomic E-state index is 2.34. The zero-order valence-corrected chi connectivity index (χ0v) is 11.3. The molecule has 0 aliphatic carbocycles. The monoisotopic (exact) mass is 237 g/mol. The maximum absolute atomic E-state index is 2.34. The number of benzene rings is 2. The Balaban J connectivity index is 2.21. The molecular weight excluding hydrogens is 218 g/mol. The SMILES string of the molecule is Cc1ccc2c(c1C)CCc1ccccc1N2C. The van der Waals surface area contributed by atoms with E-state index in [1.165, 1.54) is 33.6 Å². The number of rotatable bonds is 0. The molecule has 1 aliphatic heterocycles. The number of anilines is 2. The van der Waals surface area contributed by atoms with E-state index in [0.29, 0.717) is 0 Å². The zero-order chi connectivity index (χ0) is 12.7. The van der Waals surface area contributed by atoms with Crippen LogP contribution in [0.15, 0.2) is 36.4 Å². The van der Waals surface area contributed by atoms with Crippen LogP contribution < -0.4 is 4.90 Å². The lowest BCUT2D eigenvalue weighted by atomic mass is 9.97. The van der Waals surface area contributed by atoms with E-state index < -0.39 is 0 Å². The van der Waals surface area contributed by atoms with Crippen molar-refractivity contribution in [2.45, 2.75) is 26.7 Å². The van der Waals surface area contributed by atoms with E-state index >= 15 is 0 Å². The number of nitrogens with zero attached hydrogens (tertiary/aromatic N) is 1. The second-order valence-corrected chi connectivity index (χ2v) is 5.19. The fourth-order valence-electron chi connectivity index (χ4n) is 2.93. The van der Waals surface area contributed by atoms with Crippen molar-refractivity contribution in [2.75, 3.05) is 11.9 Å². The van der Waals surface area contributed by atoms with Gasteiger partial charge in [-0.3, -0.25) is 0 Å². The normalized spacial score (nSPS) is 13.8. The van der Waals surface area contributed by atoms with Gasteiger partial charge in [0.1, 0.15) is 0 Å². The van der Waals surface area contributed by atoms with Gasteiger partial charge in [-0.25, -0.2) is 0 Å². The summed E-state index contributed by atoms with van der Waals surface area (Å²) in [6.45, 7) is 4.45. The predicted molar refractivity (Wildman–Crippen MR) is 77.8 cm³/mol. The van der Waals surface area contributed by atoms with Crippen LogP contribution in [-0.2, 0) is 12.8 Å². The molecule has 1 aliphatic rings. The van der Waals surface area contributed by atoms with Crippen molar-refractivity contribution < 1.29 is 0 Å². The van der Waals surface area contributed by atoms with Crippen LogP contribution in [0, 0.1) is 13.8 Å². The van der Waals surface area contributed by atoms with Crippen LogP contribution in [0.3, 0.4) is 0 Å². The van der Waals surface area contributed by atoms with Gasteiger partial charge in [0.15, 0.2) is 0 Å². The number of para-hydroxylation sites is 1. The summed E-state index contributed by atoms with van der Waals surface area (Å²) >= 11 is 0. The second-order valence-electron chi connectivity index (χ2n) is 5.19. The highest BCUT2D eigenvalue weighted by atomic mass is 15.1. The van der Waals surface area contributed by atoms with Crippen LogP contribution in [0.25, 0.3) is 0 Å². The van der Waals surface area contributed by atoms with Gasteiger partial charge in [-0.1, -0.05) is 24.3 Å². The van der Waals surface area contributed by atoms with E-state index in [2.05, 4.69) is 62.2 Å². The van der Waals surface area contributed by atoms with Gasteiger partial charge in [-0.15, -0.1) is 0 Å². The molecular formula is C17H19N. The molecule has 92 valence electrons. The summed E-state index contributed by atoms with van der Waals surface area (Å²) < 4.78 is 0. The van der Waals surface area contributed by atoms with E-state index in [0.717, 1.165) is 12.8 Å². The molecule has 0 N–H and O–H groups in total. The van der Waals surface area contributed by atoms with Crippen molar-refractivity contribution in [1.82, 2.24) is 0 Å². The lowest BCUT2D eigenvalue weighted by Gasteiger charge is -2.23. The van der Waals surface area contributed by atoms with Crippen LogP contribution >= 0.6 is 0 Å². The molecule has 0 amide bonds. The minimum Gasteiger partial charge on any atom is -0.344 e. The largest absolute Gasteiger partial charge is 0.344 e. The zero-order valence-electron chi connectivity index (χ0n) is 11.3. The van der Waals surface area contributed by atoms with Crippen LogP contribution in [0.4, 0.5) is 11.4 Å². The van der Waals surface area contributed by atoms with Gasteiger partial charge in [0, 0.05) is 18.4 Å². The Morgan fingerprint density at radius 2 is 1.67 bits per heavy atom.